The normalized spacial score (nSPS) is 14.5. The van der Waals surface area contributed by atoms with Crippen LogP contribution in [0.25, 0.3) is 0 Å². The van der Waals surface area contributed by atoms with Crippen LogP contribution >= 0.6 is 0 Å². The molecule has 0 aliphatic heterocycles. The molecule has 0 spiro atoms. The van der Waals surface area contributed by atoms with Crippen molar-refractivity contribution in [1.82, 2.24) is 10.2 Å². The second-order valence-electron chi connectivity index (χ2n) is 11.2. The first-order valence-corrected chi connectivity index (χ1v) is 16.5. The molecule has 1 N–H and O–H groups in total. The van der Waals surface area contributed by atoms with Crippen molar-refractivity contribution < 1.29 is 22.7 Å². The van der Waals surface area contributed by atoms with E-state index in [-0.39, 0.29) is 23.4 Å². The van der Waals surface area contributed by atoms with Crippen molar-refractivity contribution in [1.29, 1.82) is 0 Å². The number of hydrogen-bond acceptors (Lipinski definition) is 5. The van der Waals surface area contributed by atoms with Crippen LogP contribution in [0, 0.1) is 6.92 Å². The number of sulfonamides is 1. The summed E-state index contributed by atoms with van der Waals surface area (Å²) in [5.74, 6) is -0.0318. The van der Waals surface area contributed by atoms with E-state index in [9.17, 15) is 18.0 Å². The molecule has 1 fully saturated rings. The summed E-state index contributed by atoms with van der Waals surface area (Å²) in [6.45, 7) is 5.23. The minimum Gasteiger partial charge on any atom is -0.497 e. The Morgan fingerprint density at radius 2 is 1.60 bits per heavy atom. The van der Waals surface area contributed by atoms with Crippen LogP contribution in [0.2, 0.25) is 0 Å². The number of carbonyl (C=O) groups excluding carboxylic acids is 2. The highest BCUT2D eigenvalue weighted by Gasteiger charge is 2.34. The van der Waals surface area contributed by atoms with E-state index in [1.54, 1.807) is 62.6 Å². The standard InChI is InChI=1S/C34H43N3O5S/c1-5-28-11-9-10-14-32(28)37(43(40,41)31-21-15-25(2)16-22-31)24-33(38)36(23-27-17-19-30(42-4)20-18-27)26(3)34(39)35-29-12-7-6-8-13-29/h9-11,14-22,26,29H,5-8,12-13,23-24H2,1-4H3,(H,35,39). The van der Waals surface area contributed by atoms with Crippen molar-refractivity contribution in [3.05, 3.63) is 89.5 Å². The number of carbonyl (C=O) groups is 2. The first kappa shape index (κ1) is 32.1. The third-order valence-electron chi connectivity index (χ3n) is 8.16. The Kier molecular flexibility index (Phi) is 10.9. The zero-order chi connectivity index (χ0) is 31.0. The molecule has 1 unspecified atom stereocenters. The van der Waals surface area contributed by atoms with E-state index in [0.29, 0.717) is 17.9 Å². The van der Waals surface area contributed by atoms with E-state index < -0.39 is 28.5 Å². The molecule has 1 aliphatic carbocycles. The molecule has 0 heterocycles. The van der Waals surface area contributed by atoms with Gasteiger partial charge < -0.3 is 15.0 Å². The van der Waals surface area contributed by atoms with Gasteiger partial charge in [-0.25, -0.2) is 8.42 Å². The number of methoxy groups -OCH3 is 1. The summed E-state index contributed by atoms with van der Waals surface area (Å²) >= 11 is 0. The maximum Gasteiger partial charge on any atom is 0.264 e. The van der Waals surface area contributed by atoms with Gasteiger partial charge in [0, 0.05) is 12.6 Å². The molecule has 9 heteroatoms. The molecule has 0 saturated heterocycles. The fourth-order valence-electron chi connectivity index (χ4n) is 5.48. The predicted octanol–water partition coefficient (Wildman–Crippen LogP) is 5.63. The number of rotatable bonds is 12. The van der Waals surface area contributed by atoms with E-state index in [1.165, 1.54) is 9.21 Å². The largest absolute Gasteiger partial charge is 0.497 e. The molecule has 4 rings (SSSR count). The number of para-hydroxylation sites is 1. The van der Waals surface area contributed by atoms with Gasteiger partial charge in [-0.3, -0.25) is 13.9 Å². The minimum absolute atomic E-state index is 0.0801. The third-order valence-corrected chi connectivity index (χ3v) is 9.93. The van der Waals surface area contributed by atoms with E-state index >= 15 is 0 Å². The zero-order valence-electron chi connectivity index (χ0n) is 25.6. The Morgan fingerprint density at radius 1 is 0.953 bits per heavy atom. The smallest absolute Gasteiger partial charge is 0.264 e. The summed E-state index contributed by atoms with van der Waals surface area (Å²) in [5.41, 5.74) is 2.98. The fraction of sp³-hybridized carbons (Fsp3) is 0.412. The van der Waals surface area contributed by atoms with Gasteiger partial charge in [0.05, 0.1) is 17.7 Å². The quantitative estimate of drug-likeness (QED) is 0.289. The van der Waals surface area contributed by atoms with Gasteiger partial charge in [0.25, 0.3) is 10.0 Å². The number of nitrogens with zero attached hydrogens (tertiary/aromatic N) is 2. The number of anilines is 1. The second-order valence-corrected chi connectivity index (χ2v) is 13.1. The van der Waals surface area contributed by atoms with Crippen molar-refractivity contribution in [2.45, 2.75) is 82.8 Å². The SMILES string of the molecule is CCc1ccccc1N(CC(=O)N(Cc1ccc(OC)cc1)C(C)C(=O)NC1CCCCC1)S(=O)(=O)c1ccc(C)cc1. The summed E-state index contributed by atoms with van der Waals surface area (Å²) < 4.78 is 34.7. The van der Waals surface area contributed by atoms with Gasteiger partial charge >= 0.3 is 0 Å². The molecular formula is C34H43N3O5S. The van der Waals surface area contributed by atoms with Crippen LogP contribution in [0.4, 0.5) is 5.69 Å². The van der Waals surface area contributed by atoms with Gasteiger partial charge in [-0.15, -0.1) is 0 Å². The van der Waals surface area contributed by atoms with Crippen LogP contribution in [0.1, 0.15) is 62.6 Å². The molecule has 1 atom stereocenters. The van der Waals surface area contributed by atoms with Gasteiger partial charge in [-0.1, -0.05) is 74.2 Å². The summed E-state index contributed by atoms with van der Waals surface area (Å²) in [4.78, 5) is 29.3. The predicted molar refractivity (Wildman–Crippen MR) is 170 cm³/mol. The van der Waals surface area contributed by atoms with Gasteiger partial charge in [0.1, 0.15) is 18.3 Å². The molecule has 0 bridgehead atoms. The van der Waals surface area contributed by atoms with E-state index in [1.807, 2.05) is 38.1 Å². The monoisotopic (exact) mass is 605 g/mol. The molecule has 0 radical (unpaired) electrons. The first-order valence-electron chi connectivity index (χ1n) is 15.0. The van der Waals surface area contributed by atoms with Crippen LogP contribution in [-0.2, 0) is 32.6 Å². The number of aryl methyl sites for hydroxylation is 2. The summed E-state index contributed by atoms with van der Waals surface area (Å²) in [6.07, 6.45) is 5.71. The Balaban J connectivity index is 1.70. The fourth-order valence-corrected chi connectivity index (χ4v) is 6.93. The Hall–Kier alpha value is -3.85. The van der Waals surface area contributed by atoms with E-state index in [0.717, 1.165) is 48.8 Å². The molecule has 1 aliphatic rings. The molecule has 230 valence electrons. The zero-order valence-corrected chi connectivity index (χ0v) is 26.4. The maximum atomic E-state index is 14.2. The van der Waals surface area contributed by atoms with E-state index in [2.05, 4.69) is 5.32 Å². The van der Waals surface area contributed by atoms with Gasteiger partial charge in [0.15, 0.2) is 0 Å². The van der Waals surface area contributed by atoms with Crippen molar-refractivity contribution >= 4 is 27.5 Å². The molecule has 0 aromatic heterocycles. The van der Waals surface area contributed by atoms with Crippen LogP contribution in [-0.4, -0.2) is 50.9 Å². The molecule has 43 heavy (non-hydrogen) atoms. The lowest BCUT2D eigenvalue weighted by Gasteiger charge is -2.33. The van der Waals surface area contributed by atoms with E-state index in [4.69, 9.17) is 4.74 Å². The number of nitrogens with one attached hydrogen (secondary N) is 1. The average Bonchev–Trinajstić information content (AvgIpc) is 3.03. The molecule has 8 nitrogen and oxygen atoms in total. The lowest BCUT2D eigenvalue weighted by Crippen LogP contribution is -2.53. The molecular weight excluding hydrogens is 562 g/mol. The number of benzene rings is 3. The van der Waals surface area contributed by atoms with Gasteiger partial charge in [-0.2, -0.15) is 0 Å². The van der Waals surface area contributed by atoms with Gasteiger partial charge in [-0.05, 0) is 74.6 Å². The maximum absolute atomic E-state index is 14.2. The Labute approximate surface area is 256 Å². The molecule has 3 aromatic carbocycles. The lowest BCUT2D eigenvalue weighted by atomic mass is 9.95. The minimum atomic E-state index is -4.11. The average molecular weight is 606 g/mol. The molecule has 2 amide bonds. The third kappa shape index (κ3) is 7.96. The first-order chi connectivity index (χ1) is 20.6. The van der Waals surface area contributed by atoms with Crippen molar-refractivity contribution in [2.75, 3.05) is 18.0 Å². The number of amides is 2. The Bertz CT molecular complexity index is 1480. The second kappa shape index (κ2) is 14.6. The van der Waals surface area contributed by atoms with Crippen molar-refractivity contribution in [2.24, 2.45) is 0 Å². The Morgan fingerprint density at radius 3 is 2.23 bits per heavy atom. The molecule has 3 aromatic rings. The van der Waals surface area contributed by atoms with Crippen LogP contribution in [0.5, 0.6) is 5.75 Å². The highest BCUT2D eigenvalue weighted by atomic mass is 32.2. The summed E-state index contributed by atoms with van der Waals surface area (Å²) in [7, 11) is -2.53. The van der Waals surface area contributed by atoms with Crippen LogP contribution in [0.15, 0.2) is 77.7 Å². The van der Waals surface area contributed by atoms with Gasteiger partial charge in [0.2, 0.25) is 11.8 Å². The highest BCUT2D eigenvalue weighted by Crippen LogP contribution is 2.28. The van der Waals surface area contributed by atoms with Crippen LogP contribution < -0.4 is 14.4 Å². The molecule has 1 saturated carbocycles. The highest BCUT2D eigenvalue weighted by molar-refractivity contribution is 7.92. The summed E-state index contributed by atoms with van der Waals surface area (Å²) in [6, 6.07) is 20.4. The lowest BCUT2D eigenvalue weighted by molar-refractivity contribution is -0.139. The summed E-state index contributed by atoms with van der Waals surface area (Å²) in [5, 5.41) is 3.14. The van der Waals surface area contributed by atoms with Crippen molar-refractivity contribution in [3.63, 3.8) is 0 Å². The topological polar surface area (TPSA) is 96.0 Å². The number of hydrogen-bond donors (Lipinski definition) is 1. The van der Waals surface area contributed by atoms with Crippen LogP contribution in [0.3, 0.4) is 0 Å². The van der Waals surface area contributed by atoms with Crippen molar-refractivity contribution in [3.8, 4) is 5.75 Å². The number of ether oxygens (including phenoxy) is 1.